The molecule has 7 heteroatoms. The smallest absolute Gasteiger partial charge is 0.307 e. The van der Waals surface area contributed by atoms with E-state index in [4.69, 9.17) is 10.5 Å². The first-order valence-corrected chi connectivity index (χ1v) is 15.3. The van der Waals surface area contributed by atoms with Crippen molar-refractivity contribution in [3.8, 4) is 0 Å². The second kappa shape index (κ2) is 11.4. The molecule has 4 saturated carbocycles. The minimum atomic E-state index is -0.981. The number of amides is 1. The fraction of sp³-hybridized carbons (Fsp3) is 0.844. The van der Waals surface area contributed by atoms with Crippen LogP contribution < -0.4 is 5.73 Å². The van der Waals surface area contributed by atoms with Gasteiger partial charge in [0.25, 0.3) is 5.91 Å². The summed E-state index contributed by atoms with van der Waals surface area (Å²) in [7, 11) is 0. The van der Waals surface area contributed by atoms with Gasteiger partial charge >= 0.3 is 5.97 Å². The summed E-state index contributed by atoms with van der Waals surface area (Å²) < 4.78 is 5.62. The molecule has 0 spiro atoms. The monoisotopic (exact) mass is 543 g/mol. The summed E-state index contributed by atoms with van der Waals surface area (Å²) in [5.74, 6) is -3.24. The number of hydrogen-bond donors (Lipinski definition) is 1. The molecule has 4 aliphatic rings. The number of ether oxygens (including phenoxy) is 1. The normalized spacial score (nSPS) is 30.0. The zero-order chi connectivity index (χ0) is 28.7. The summed E-state index contributed by atoms with van der Waals surface area (Å²) >= 11 is 0. The van der Waals surface area contributed by atoms with Crippen LogP contribution in [0, 0.1) is 52.8 Å². The second-order valence-corrected chi connectivity index (χ2v) is 14.6. The van der Waals surface area contributed by atoms with Gasteiger partial charge in [-0.15, -0.1) is 0 Å². The molecule has 0 aromatic rings. The second-order valence-electron chi connectivity index (χ2n) is 14.6. The standard InChI is InChI=1S/C32H49NO6/c1-31(2,3)39-25(35)17-21(19-12-7-6-8-13-19)29(37)22-16-23-27(32(23,4)5)26(22)24(34)15-20(28(36)30(33)38)14-18-10-9-11-18/h18-23,26-27H,6-17H2,1-5H3,(H2,33,38)/t20?,21-,22?,23?,26?,27?/m0/s1. The number of carbonyl (C=O) groups is 5. The third-order valence-corrected chi connectivity index (χ3v) is 10.5. The number of ketones is 3. The molecule has 1 amide bonds. The van der Waals surface area contributed by atoms with E-state index in [1.807, 2.05) is 20.8 Å². The van der Waals surface area contributed by atoms with Crippen LogP contribution >= 0.6 is 0 Å². The SMILES string of the molecule is CC(C)(C)OC(=O)C[C@H](C(=O)C1CC2C(C1C(=O)CC(CC1CCC1)C(=O)C(N)=O)C2(C)C)C1CCCCC1. The average Bonchev–Trinajstić information content (AvgIpc) is 3.15. The summed E-state index contributed by atoms with van der Waals surface area (Å²) in [4.78, 5) is 65.7. The van der Waals surface area contributed by atoms with E-state index in [1.165, 1.54) is 0 Å². The molecule has 0 heterocycles. The van der Waals surface area contributed by atoms with Crippen molar-refractivity contribution in [3.63, 3.8) is 0 Å². The molecule has 0 aliphatic heterocycles. The topological polar surface area (TPSA) is 121 Å². The Morgan fingerprint density at radius 2 is 1.56 bits per heavy atom. The quantitative estimate of drug-likeness (QED) is 0.266. The highest BCUT2D eigenvalue weighted by Crippen LogP contribution is 2.71. The summed E-state index contributed by atoms with van der Waals surface area (Å²) in [6, 6.07) is 0. The Labute approximate surface area is 233 Å². The number of fused-ring (bicyclic) bond motifs is 1. The predicted molar refractivity (Wildman–Crippen MR) is 147 cm³/mol. The summed E-state index contributed by atoms with van der Waals surface area (Å²) in [5.41, 5.74) is 4.71. The first-order chi connectivity index (χ1) is 18.2. The molecule has 2 N–H and O–H groups in total. The first kappa shape index (κ1) is 29.9. The molecule has 218 valence electrons. The van der Waals surface area contributed by atoms with Crippen molar-refractivity contribution in [1.82, 2.24) is 0 Å². The number of primary amides is 1. The average molecular weight is 544 g/mol. The van der Waals surface area contributed by atoms with E-state index in [-0.39, 0.29) is 53.5 Å². The number of carbonyl (C=O) groups excluding carboxylic acids is 5. The van der Waals surface area contributed by atoms with E-state index in [2.05, 4.69) is 13.8 Å². The highest BCUT2D eigenvalue weighted by Gasteiger charge is 2.69. The Hall–Kier alpha value is -2.05. The fourth-order valence-electron chi connectivity index (χ4n) is 8.21. The minimum Gasteiger partial charge on any atom is -0.460 e. The Kier molecular flexibility index (Phi) is 8.78. The lowest BCUT2D eigenvalue weighted by Gasteiger charge is -2.34. The van der Waals surface area contributed by atoms with Gasteiger partial charge in [-0.25, -0.2) is 0 Å². The van der Waals surface area contributed by atoms with Crippen LogP contribution in [-0.2, 0) is 28.7 Å². The lowest BCUT2D eigenvalue weighted by atomic mass is 9.68. The van der Waals surface area contributed by atoms with E-state index in [0.717, 1.165) is 51.4 Å². The third-order valence-electron chi connectivity index (χ3n) is 10.5. The van der Waals surface area contributed by atoms with Crippen molar-refractivity contribution in [3.05, 3.63) is 0 Å². The first-order valence-electron chi connectivity index (χ1n) is 15.3. The Morgan fingerprint density at radius 3 is 2.10 bits per heavy atom. The van der Waals surface area contributed by atoms with Gasteiger partial charge in [0.05, 0.1) is 6.42 Å². The predicted octanol–water partition coefficient (Wildman–Crippen LogP) is 5.21. The number of Topliss-reactive ketones (excluding diaryl/α,β-unsaturated/α-hetero) is 3. The van der Waals surface area contributed by atoms with E-state index >= 15 is 0 Å². The van der Waals surface area contributed by atoms with Crippen molar-refractivity contribution in [1.29, 1.82) is 0 Å². The lowest BCUT2D eigenvalue weighted by Crippen LogP contribution is -2.40. The molecule has 7 nitrogen and oxygen atoms in total. The number of hydrogen-bond acceptors (Lipinski definition) is 6. The highest BCUT2D eigenvalue weighted by molar-refractivity contribution is 6.36. The summed E-state index contributed by atoms with van der Waals surface area (Å²) in [5, 5.41) is 0. The largest absolute Gasteiger partial charge is 0.460 e. The van der Waals surface area contributed by atoms with Crippen molar-refractivity contribution >= 4 is 29.2 Å². The van der Waals surface area contributed by atoms with E-state index in [1.54, 1.807) is 0 Å². The van der Waals surface area contributed by atoms with E-state index in [0.29, 0.717) is 18.8 Å². The molecule has 6 atom stereocenters. The van der Waals surface area contributed by atoms with Crippen LogP contribution in [0.1, 0.15) is 112 Å². The van der Waals surface area contributed by atoms with Crippen LogP contribution in [0.25, 0.3) is 0 Å². The van der Waals surface area contributed by atoms with Gasteiger partial charge in [0.1, 0.15) is 17.2 Å². The molecular weight excluding hydrogens is 494 g/mol. The molecule has 0 saturated heterocycles. The van der Waals surface area contributed by atoms with Crippen LogP contribution in [0.4, 0.5) is 0 Å². The van der Waals surface area contributed by atoms with E-state index in [9.17, 15) is 24.0 Å². The zero-order valence-corrected chi connectivity index (χ0v) is 24.6. The highest BCUT2D eigenvalue weighted by atomic mass is 16.6. The molecule has 0 aromatic carbocycles. The van der Waals surface area contributed by atoms with Crippen LogP contribution in [0.15, 0.2) is 0 Å². The van der Waals surface area contributed by atoms with Gasteiger partial charge in [0, 0.05) is 30.1 Å². The van der Waals surface area contributed by atoms with Crippen molar-refractivity contribution in [2.75, 3.05) is 0 Å². The molecule has 5 unspecified atom stereocenters. The summed E-state index contributed by atoms with van der Waals surface area (Å²) in [6.45, 7) is 9.80. The zero-order valence-electron chi connectivity index (χ0n) is 24.6. The molecule has 0 aromatic heterocycles. The number of esters is 1. The van der Waals surface area contributed by atoms with Gasteiger partial charge in [-0.3, -0.25) is 24.0 Å². The van der Waals surface area contributed by atoms with Gasteiger partial charge in [-0.2, -0.15) is 0 Å². The molecule has 0 radical (unpaired) electrons. The van der Waals surface area contributed by atoms with Crippen LogP contribution in [0.5, 0.6) is 0 Å². The maximum Gasteiger partial charge on any atom is 0.307 e. The van der Waals surface area contributed by atoms with Crippen LogP contribution in [0.3, 0.4) is 0 Å². The Morgan fingerprint density at radius 1 is 0.923 bits per heavy atom. The number of rotatable bonds is 12. The van der Waals surface area contributed by atoms with E-state index < -0.39 is 41.0 Å². The third kappa shape index (κ3) is 6.65. The Bertz CT molecular complexity index is 983. The van der Waals surface area contributed by atoms with Crippen molar-refractivity contribution in [2.24, 2.45) is 58.5 Å². The van der Waals surface area contributed by atoms with Crippen LogP contribution in [0.2, 0.25) is 0 Å². The van der Waals surface area contributed by atoms with Gasteiger partial charge in [0.2, 0.25) is 5.78 Å². The fourth-order valence-corrected chi connectivity index (χ4v) is 8.21. The molecule has 39 heavy (non-hydrogen) atoms. The Balaban J connectivity index is 1.55. The van der Waals surface area contributed by atoms with Gasteiger partial charge < -0.3 is 10.5 Å². The summed E-state index contributed by atoms with van der Waals surface area (Å²) in [6.07, 6.45) is 9.39. The minimum absolute atomic E-state index is 0.0216. The van der Waals surface area contributed by atoms with Crippen LogP contribution in [-0.4, -0.2) is 34.8 Å². The molecule has 4 fully saturated rings. The maximum absolute atomic E-state index is 14.3. The molecular formula is C32H49NO6. The lowest BCUT2D eigenvalue weighted by molar-refractivity contribution is -0.158. The van der Waals surface area contributed by atoms with Gasteiger partial charge in [0.15, 0.2) is 0 Å². The molecule has 4 aliphatic carbocycles. The van der Waals surface area contributed by atoms with Crippen molar-refractivity contribution < 1.29 is 28.7 Å². The maximum atomic E-state index is 14.3. The molecule has 0 bridgehead atoms. The number of nitrogens with two attached hydrogens (primary N) is 1. The van der Waals surface area contributed by atoms with Gasteiger partial charge in [-0.05, 0) is 75.5 Å². The molecule has 4 rings (SSSR count). The van der Waals surface area contributed by atoms with Crippen molar-refractivity contribution in [2.45, 2.75) is 117 Å². The van der Waals surface area contributed by atoms with Gasteiger partial charge in [-0.1, -0.05) is 52.4 Å².